The van der Waals surface area contributed by atoms with Gasteiger partial charge in [0.05, 0.1) is 30.9 Å². The lowest BCUT2D eigenvalue weighted by atomic mass is 10.0. The molecule has 29 heavy (non-hydrogen) atoms. The predicted molar refractivity (Wildman–Crippen MR) is 99.3 cm³/mol. The summed E-state index contributed by atoms with van der Waals surface area (Å²) in [5.41, 5.74) is 0.890. The van der Waals surface area contributed by atoms with Crippen molar-refractivity contribution in [1.29, 1.82) is 0 Å². The number of carbonyl (C=O) groups is 5. The number of amides is 4. The molecule has 0 spiro atoms. The summed E-state index contributed by atoms with van der Waals surface area (Å²) in [7, 11) is 0. The highest BCUT2D eigenvalue weighted by Gasteiger charge is 2.45. The van der Waals surface area contributed by atoms with E-state index in [1.807, 2.05) is 0 Å². The highest BCUT2D eigenvalue weighted by Crippen LogP contribution is 2.32. The summed E-state index contributed by atoms with van der Waals surface area (Å²) in [6.07, 6.45) is 0.843. The third kappa shape index (κ3) is 4.49. The summed E-state index contributed by atoms with van der Waals surface area (Å²) in [6, 6.07) is 3.86. The van der Waals surface area contributed by atoms with Gasteiger partial charge in [0, 0.05) is 18.7 Å². The third-order valence-electron chi connectivity index (χ3n) is 4.59. The Bertz CT molecular complexity index is 839. The number of benzene rings is 1. The Labute approximate surface area is 166 Å². The van der Waals surface area contributed by atoms with Crippen molar-refractivity contribution in [3.63, 3.8) is 0 Å². The van der Waals surface area contributed by atoms with E-state index in [-0.39, 0.29) is 30.6 Å². The van der Waals surface area contributed by atoms with Crippen LogP contribution in [-0.2, 0) is 23.9 Å². The van der Waals surface area contributed by atoms with Gasteiger partial charge in [0.15, 0.2) is 0 Å². The van der Waals surface area contributed by atoms with Crippen LogP contribution in [0.5, 0.6) is 0 Å². The van der Waals surface area contributed by atoms with Crippen LogP contribution < -0.4 is 10.6 Å². The lowest BCUT2D eigenvalue weighted by molar-refractivity contribution is -0.136. The van der Waals surface area contributed by atoms with Crippen LogP contribution in [0.25, 0.3) is 0 Å². The van der Waals surface area contributed by atoms with Gasteiger partial charge in [0.25, 0.3) is 11.8 Å². The van der Waals surface area contributed by atoms with Crippen molar-refractivity contribution < 1.29 is 33.4 Å². The molecule has 1 atom stereocenters. The van der Waals surface area contributed by atoms with E-state index in [1.165, 1.54) is 6.07 Å². The number of aldehydes is 1. The average molecular weight is 403 g/mol. The van der Waals surface area contributed by atoms with Crippen molar-refractivity contribution in [2.24, 2.45) is 0 Å². The molecule has 3 rings (SSSR count). The van der Waals surface area contributed by atoms with E-state index in [4.69, 9.17) is 9.47 Å². The fourth-order valence-corrected chi connectivity index (χ4v) is 3.27. The third-order valence-corrected chi connectivity index (χ3v) is 4.59. The molecular formula is C19H21N3O7. The molecule has 10 heteroatoms. The molecule has 0 saturated carbocycles. The van der Waals surface area contributed by atoms with Crippen molar-refractivity contribution in [3.05, 3.63) is 29.3 Å². The Morgan fingerprint density at radius 3 is 2.66 bits per heavy atom. The van der Waals surface area contributed by atoms with Gasteiger partial charge >= 0.3 is 0 Å². The number of anilines is 1. The van der Waals surface area contributed by atoms with Gasteiger partial charge in [-0.3, -0.25) is 29.4 Å². The zero-order valence-electron chi connectivity index (χ0n) is 15.6. The number of nitrogens with zero attached hydrogens (tertiary/aromatic N) is 1. The summed E-state index contributed by atoms with van der Waals surface area (Å²) >= 11 is 0. The second kappa shape index (κ2) is 9.39. The molecule has 2 aliphatic heterocycles. The Hall–Kier alpha value is -3.11. The van der Waals surface area contributed by atoms with E-state index in [2.05, 4.69) is 10.6 Å². The number of rotatable bonds is 10. The van der Waals surface area contributed by atoms with Crippen molar-refractivity contribution in [3.8, 4) is 0 Å². The molecule has 1 saturated heterocycles. The molecule has 2 heterocycles. The highest BCUT2D eigenvalue weighted by atomic mass is 16.5. The van der Waals surface area contributed by atoms with Crippen LogP contribution in [0.1, 0.15) is 33.6 Å². The molecule has 0 aliphatic carbocycles. The number of ether oxygens (including phenoxy) is 2. The number of hydrogen-bond donors (Lipinski definition) is 2. The van der Waals surface area contributed by atoms with Gasteiger partial charge in [-0.2, -0.15) is 0 Å². The number of piperidine rings is 1. The van der Waals surface area contributed by atoms with Crippen LogP contribution >= 0.6 is 0 Å². The van der Waals surface area contributed by atoms with E-state index >= 15 is 0 Å². The van der Waals surface area contributed by atoms with Crippen molar-refractivity contribution in [2.45, 2.75) is 18.9 Å². The number of fused-ring (bicyclic) bond motifs is 1. The normalized spacial score (nSPS) is 18.6. The monoisotopic (exact) mass is 403 g/mol. The summed E-state index contributed by atoms with van der Waals surface area (Å²) in [5.74, 6) is -2.17. The maximum Gasteiger partial charge on any atom is 0.264 e. The Kier molecular flexibility index (Phi) is 6.68. The first-order valence-electron chi connectivity index (χ1n) is 9.22. The van der Waals surface area contributed by atoms with Crippen molar-refractivity contribution in [1.82, 2.24) is 10.2 Å². The van der Waals surface area contributed by atoms with E-state index in [0.29, 0.717) is 38.3 Å². The fraction of sp³-hybridized carbons (Fsp3) is 0.421. The van der Waals surface area contributed by atoms with Gasteiger partial charge in [0.1, 0.15) is 18.9 Å². The molecular weight excluding hydrogens is 382 g/mol. The molecule has 1 unspecified atom stereocenters. The number of imide groups is 2. The molecule has 2 aliphatic rings. The van der Waals surface area contributed by atoms with E-state index in [9.17, 15) is 24.0 Å². The number of hydrogen-bond acceptors (Lipinski definition) is 8. The topological polar surface area (TPSA) is 131 Å². The molecule has 10 nitrogen and oxygen atoms in total. The molecule has 1 aromatic rings. The first kappa shape index (κ1) is 20.6. The molecule has 4 amide bonds. The second-order valence-electron chi connectivity index (χ2n) is 6.46. The standard InChI is InChI=1S/C19H21N3O7/c23-7-9-29-11-10-28-8-6-20-13-3-1-2-12-16(13)19(27)22(18(12)26)14-4-5-15(24)21-17(14)25/h1-3,7,14,20H,4-6,8-11H2,(H,21,24,25). The van der Waals surface area contributed by atoms with E-state index < -0.39 is 29.7 Å². The summed E-state index contributed by atoms with van der Waals surface area (Å²) < 4.78 is 10.3. The number of carbonyl (C=O) groups excluding carboxylic acids is 5. The van der Waals surface area contributed by atoms with E-state index in [1.54, 1.807) is 12.1 Å². The van der Waals surface area contributed by atoms with E-state index in [0.717, 1.165) is 4.90 Å². The molecule has 2 N–H and O–H groups in total. The largest absolute Gasteiger partial charge is 0.382 e. The van der Waals surface area contributed by atoms with Crippen LogP contribution in [0.2, 0.25) is 0 Å². The zero-order valence-corrected chi connectivity index (χ0v) is 15.6. The summed E-state index contributed by atoms with van der Waals surface area (Å²) in [6.45, 7) is 1.35. The minimum absolute atomic E-state index is 0.0254. The predicted octanol–water partition coefficient (Wildman–Crippen LogP) is -0.268. The van der Waals surface area contributed by atoms with Crippen LogP contribution in [0.3, 0.4) is 0 Å². The van der Waals surface area contributed by atoms with Crippen LogP contribution in [0.15, 0.2) is 18.2 Å². The lowest BCUT2D eigenvalue weighted by Gasteiger charge is -2.27. The fourth-order valence-electron chi connectivity index (χ4n) is 3.27. The molecule has 154 valence electrons. The number of nitrogens with one attached hydrogen (secondary N) is 2. The maximum absolute atomic E-state index is 12.9. The van der Waals surface area contributed by atoms with Gasteiger partial charge in [-0.25, -0.2) is 0 Å². The highest BCUT2D eigenvalue weighted by molar-refractivity contribution is 6.25. The minimum Gasteiger partial charge on any atom is -0.382 e. The second-order valence-corrected chi connectivity index (χ2v) is 6.46. The SMILES string of the molecule is O=CCOCCOCCNc1cccc2c1C(=O)N(C1CCC(=O)NC1=O)C2=O. The first-order valence-corrected chi connectivity index (χ1v) is 9.22. The average Bonchev–Trinajstić information content (AvgIpc) is 2.95. The van der Waals surface area contributed by atoms with Crippen molar-refractivity contribution in [2.75, 3.05) is 38.3 Å². The Balaban J connectivity index is 1.62. The van der Waals surface area contributed by atoms with Crippen LogP contribution in [0, 0.1) is 0 Å². The van der Waals surface area contributed by atoms with Crippen LogP contribution in [0.4, 0.5) is 5.69 Å². The quantitative estimate of drug-likeness (QED) is 0.310. The van der Waals surface area contributed by atoms with Crippen molar-refractivity contribution >= 4 is 35.6 Å². The van der Waals surface area contributed by atoms with Gasteiger partial charge in [-0.15, -0.1) is 0 Å². The molecule has 0 radical (unpaired) electrons. The van der Waals surface area contributed by atoms with Crippen LogP contribution in [-0.4, -0.2) is 73.8 Å². The van der Waals surface area contributed by atoms with Gasteiger partial charge in [-0.05, 0) is 18.6 Å². The lowest BCUT2D eigenvalue weighted by Crippen LogP contribution is -2.54. The zero-order chi connectivity index (χ0) is 20.8. The Morgan fingerprint density at radius 1 is 1.10 bits per heavy atom. The Morgan fingerprint density at radius 2 is 1.90 bits per heavy atom. The van der Waals surface area contributed by atoms with Gasteiger partial charge in [-0.1, -0.05) is 6.07 Å². The summed E-state index contributed by atoms with van der Waals surface area (Å²) in [5, 5.41) is 5.23. The summed E-state index contributed by atoms with van der Waals surface area (Å²) in [4.78, 5) is 60.2. The maximum atomic E-state index is 12.9. The van der Waals surface area contributed by atoms with Gasteiger partial charge < -0.3 is 19.6 Å². The smallest absolute Gasteiger partial charge is 0.264 e. The minimum atomic E-state index is -0.998. The molecule has 1 aromatic carbocycles. The molecule has 0 aromatic heterocycles. The molecule has 1 fully saturated rings. The molecule has 0 bridgehead atoms. The first-order chi connectivity index (χ1) is 14.0. The van der Waals surface area contributed by atoms with Gasteiger partial charge in [0.2, 0.25) is 11.8 Å².